The molecule has 1 aliphatic heterocycles. The van der Waals surface area contributed by atoms with Crippen LogP contribution < -0.4 is 17.0 Å². The molecule has 1 aliphatic rings. The van der Waals surface area contributed by atoms with Crippen LogP contribution in [0.3, 0.4) is 0 Å². The van der Waals surface area contributed by atoms with E-state index in [9.17, 15) is 22.8 Å². The third-order valence-corrected chi connectivity index (χ3v) is 3.93. The highest BCUT2D eigenvalue weighted by atomic mass is 32.2. The number of carbonyl (C=O) groups is 1. The lowest BCUT2D eigenvalue weighted by atomic mass is 10.1. The fourth-order valence-corrected chi connectivity index (χ4v) is 3.03. The van der Waals surface area contributed by atoms with Gasteiger partial charge in [0.1, 0.15) is 12.3 Å². The lowest BCUT2D eigenvalue weighted by Crippen LogP contribution is -2.33. The van der Waals surface area contributed by atoms with Crippen molar-refractivity contribution in [2.24, 2.45) is 5.73 Å². The molecule has 3 N–H and O–H groups in total. The van der Waals surface area contributed by atoms with Crippen molar-refractivity contribution in [3.63, 3.8) is 0 Å². The molecule has 2 heterocycles. The first-order chi connectivity index (χ1) is 10.6. The summed E-state index contributed by atoms with van der Waals surface area (Å²) in [6.07, 6.45) is -0.819. The van der Waals surface area contributed by atoms with Gasteiger partial charge in [-0.25, -0.2) is 4.79 Å². The molecule has 10 nitrogen and oxygen atoms in total. The SMILES string of the molecule is Cc1cn([C@H]2C[C@H](OS(C)(=O)=O)[C@@H](CC(N)=O)O2)c(=O)[nH]c1=O. The zero-order chi connectivity index (χ0) is 17.4. The average Bonchev–Trinajstić information content (AvgIpc) is 2.73. The number of aromatic nitrogens is 2. The van der Waals surface area contributed by atoms with Gasteiger partial charge in [0.15, 0.2) is 0 Å². The van der Waals surface area contributed by atoms with Crippen molar-refractivity contribution in [3.8, 4) is 0 Å². The third kappa shape index (κ3) is 4.27. The Hall–Kier alpha value is -1.98. The molecule has 0 radical (unpaired) electrons. The third-order valence-electron chi connectivity index (χ3n) is 3.34. The molecule has 1 fully saturated rings. The summed E-state index contributed by atoms with van der Waals surface area (Å²) in [6, 6.07) is 0. The second-order valence-electron chi connectivity index (χ2n) is 5.35. The Kier molecular flexibility index (Phi) is 4.73. The number of aryl methyl sites for hydroxylation is 1. The lowest BCUT2D eigenvalue weighted by molar-refractivity contribution is -0.122. The molecule has 0 aliphatic carbocycles. The molecule has 23 heavy (non-hydrogen) atoms. The Balaban J connectivity index is 2.32. The quantitative estimate of drug-likeness (QED) is 0.606. The molecule has 1 aromatic heterocycles. The Morgan fingerprint density at radius 1 is 1.52 bits per heavy atom. The Morgan fingerprint density at radius 3 is 2.74 bits per heavy atom. The number of nitrogens with zero attached hydrogens (tertiary/aromatic N) is 1. The molecule has 0 bridgehead atoms. The van der Waals surface area contributed by atoms with Crippen LogP contribution in [0, 0.1) is 6.92 Å². The van der Waals surface area contributed by atoms with Gasteiger partial charge in [-0.15, -0.1) is 0 Å². The maximum Gasteiger partial charge on any atom is 0.330 e. The van der Waals surface area contributed by atoms with Crippen LogP contribution in [0.5, 0.6) is 0 Å². The molecular weight excluding hydrogens is 330 g/mol. The molecule has 3 atom stereocenters. The zero-order valence-electron chi connectivity index (χ0n) is 12.5. The van der Waals surface area contributed by atoms with Gasteiger partial charge in [0.05, 0.1) is 18.8 Å². The minimum atomic E-state index is -3.78. The molecule has 1 aromatic rings. The number of H-pyrrole nitrogens is 1. The van der Waals surface area contributed by atoms with E-state index in [2.05, 4.69) is 4.98 Å². The largest absolute Gasteiger partial charge is 0.370 e. The smallest absolute Gasteiger partial charge is 0.330 e. The Bertz CT molecular complexity index is 826. The molecule has 0 spiro atoms. The van der Waals surface area contributed by atoms with Gasteiger partial charge in [-0.05, 0) is 6.92 Å². The van der Waals surface area contributed by atoms with Crippen molar-refractivity contribution in [2.45, 2.75) is 38.2 Å². The van der Waals surface area contributed by atoms with Gasteiger partial charge < -0.3 is 10.5 Å². The number of hydrogen-bond donors (Lipinski definition) is 2. The predicted octanol–water partition coefficient (Wildman–Crippen LogP) is -1.65. The van der Waals surface area contributed by atoms with Gasteiger partial charge in [0.2, 0.25) is 5.91 Å². The summed E-state index contributed by atoms with van der Waals surface area (Å²) >= 11 is 0. The van der Waals surface area contributed by atoms with Crippen LogP contribution in [0.25, 0.3) is 0 Å². The Morgan fingerprint density at radius 2 is 2.17 bits per heavy atom. The Labute approximate surface area is 131 Å². The first-order valence-corrected chi connectivity index (χ1v) is 8.52. The standard InChI is InChI=1S/C12H17N3O7S/c1-6-5-15(12(18)14-11(6)17)10-4-8(22-23(2,19)20)7(21-10)3-9(13)16/h5,7-8,10H,3-4H2,1-2H3,(H2,13,16)(H,14,17,18)/t7-,8+,10-/m1/s1. The van der Waals surface area contributed by atoms with Gasteiger partial charge in [0.25, 0.3) is 15.7 Å². The highest BCUT2D eigenvalue weighted by Crippen LogP contribution is 2.32. The number of ether oxygens (including phenoxy) is 1. The van der Waals surface area contributed by atoms with E-state index in [0.717, 1.165) is 10.8 Å². The molecule has 128 valence electrons. The average molecular weight is 347 g/mol. The van der Waals surface area contributed by atoms with E-state index in [1.165, 1.54) is 13.1 Å². The summed E-state index contributed by atoms with van der Waals surface area (Å²) in [5.41, 5.74) is 4.17. The minimum absolute atomic E-state index is 0.0103. The van der Waals surface area contributed by atoms with Crippen LogP contribution >= 0.6 is 0 Å². The molecule has 2 rings (SSSR count). The van der Waals surface area contributed by atoms with E-state index >= 15 is 0 Å². The highest BCUT2D eigenvalue weighted by Gasteiger charge is 2.40. The summed E-state index contributed by atoms with van der Waals surface area (Å²) in [7, 11) is -3.78. The van der Waals surface area contributed by atoms with Gasteiger partial charge >= 0.3 is 5.69 Å². The van der Waals surface area contributed by atoms with Crippen LogP contribution in [0.4, 0.5) is 0 Å². The summed E-state index contributed by atoms with van der Waals surface area (Å²) in [6.45, 7) is 1.51. The van der Waals surface area contributed by atoms with Gasteiger partial charge in [-0.3, -0.25) is 23.3 Å². The summed E-state index contributed by atoms with van der Waals surface area (Å²) in [5.74, 6) is -0.692. The van der Waals surface area contributed by atoms with Crippen LogP contribution in [0.2, 0.25) is 0 Å². The molecule has 11 heteroatoms. The summed E-state index contributed by atoms with van der Waals surface area (Å²) in [5, 5.41) is 0. The number of rotatable bonds is 5. The summed E-state index contributed by atoms with van der Waals surface area (Å²) in [4.78, 5) is 36.5. The van der Waals surface area contributed by atoms with E-state index < -0.39 is 45.7 Å². The maximum atomic E-state index is 11.9. The summed E-state index contributed by atoms with van der Waals surface area (Å²) < 4.78 is 34.2. The number of nitrogens with one attached hydrogen (secondary N) is 1. The zero-order valence-corrected chi connectivity index (χ0v) is 13.3. The molecule has 0 saturated carbocycles. The first-order valence-electron chi connectivity index (χ1n) is 6.71. The monoisotopic (exact) mass is 347 g/mol. The lowest BCUT2D eigenvalue weighted by Gasteiger charge is -2.16. The molecule has 1 saturated heterocycles. The van der Waals surface area contributed by atoms with Crippen molar-refractivity contribution >= 4 is 16.0 Å². The second-order valence-corrected chi connectivity index (χ2v) is 6.95. The number of nitrogens with two attached hydrogens (primary N) is 1. The number of amides is 1. The number of hydrogen-bond acceptors (Lipinski definition) is 7. The maximum absolute atomic E-state index is 11.9. The van der Waals surface area contributed by atoms with Gasteiger partial charge in [-0.2, -0.15) is 8.42 Å². The van der Waals surface area contributed by atoms with Crippen molar-refractivity contribution in [1.82, 2.24) is 9.55 Å². The normalized spacial score (nSPS) is 24.7. The van der Waals surface area contributed by atoms with Crippen molar-refractivity contribution in [2.75, 3.05) is 6.26 Å². The number of aromatic amines is 1. The van der Waals surface area contributed by atoms with E-state index in [1.54, 1.807) is 0 Å². The fraction of sp³-hybridized carbons (Fsp3) is 0.583. The van der Waals surface area contributed by atoms with E-state index in [0.29, 0.717) is 0 Å². The molecule has 0 unspecified atom stereocenters. The van der Waals surface area contributed by atoms with E-state index in [-0.39, 0.29) is 18.4 Å². The van der Waals surface area contributed by atoms with Crippen molar-refractivity contribution in [1.29, 1.82) is 0 Å². The van der Waals surface area contributed by atoms with E-state index in [4.69, 9.17) is 14.7 Å². The molecular formula is C12H17N3O7S. The minimum Gasteiger partial charge on any atom is -0.370 e. The van der Waals surface area contributed by atoms with Crippen molar-refractivity contribution < 1.29 is 22.1 Å². The topological polar surface area (TPSA) is 151 Å². The van der Waals surface area contributed by atoms with Crippen LogP contribution in [-0.4, -0.2) is 42.3 Å². The van der Waals surface area contributed by atoms with E-state index in [1.807, 2.05) is 0 Å². The number of carbonyl (C=O) groups excluding carboxylic acids is 1. The highest BCUT2D eigenvalue weighted by molar-refractivity contribution is 7.86. The van der Waals surface area contributed by atoms with Crippen molar-refractivity contribution in [3.05, 3.63) is 32.6 Å². The van der Waals surface area contributed by atoms with Crippen LogP contribution in [-0.2, 0) is 23.8 Å². The van der Waals surface area contributed by atoms with Crippen LogP contribution in [0.1, 0.15) is 24.6 Å². The molecule has 0 aromatic carbocycles. The predicted molar refractivity (Wildman–Crippen MR) is 78.1 cm³/mol. The second kappa shape index (κ2) is 6.26. The molecule has 1 amide bonds. The fourth-order valence-electron chi connectivity index (χ4n) is 2.38. The van der Waals surface area contributed by atoms with Crippen LogP contribution in [0.15, 0.2) is 15.8 Å². The number of primary amides is 1. The van der Waals surface area contributed by atoms with Gasteiger partial charge in [-0.1, -0.05) is 0 Å². The first kappa shape index (κ1) is 17.4. The van der Waals surface area contributed by atoms with Gasteiger partial charge in [0, 0.05) is 18.2 Å².